The van der Waals surface area contributed by atoms with Gasteiger partial charge in [-0.15, -0.1) is 0 Å². The predicted molar refractivity (Wildman–Crippen MR) is 171 cm³/mol. The summed E-state index contributed by atoms with van der Waals surface area (Å²) in [5.41, 5.74) is -2.53. The molecule has 0 aliphatic carbocycles. The summed E-state index contributed by atoms with van der Waals surface area (Å²) in [6.45, 7) is 6.49. The number of ether oxygens (including phenoxy) is 1. The Hall–Kier alpha value is -4.45. The molecular weight excluding hydrogens is 614 g/mol. The molecule has 4 heterocycles. The molecule has 1 aromatic heterocycles. The molecule has 3 aliphatic heterocycles. The minimum Gasteiger partial charge on any atom is -0.508 e. The van der Waals surface area contributed by atoms with Crippen LogP contribution in [-0.4, -0.2) is 82.2 Å². The summed E-state index contributed by atoms with van der Waals surface area (Å²) in [4.78, 5) is 27.0. The molecule has 3 aliphatic rings. The third-order valence-electron chi connectivity index (χ3n) is 10.1. The highest BCUT2D eigenvalue weighted by Crippen LogP contribution is 2.46. The molecule has 12 heteroatoms. The molecule has 1 atom stereocenters. The largest absolute Gasteiger partial charge is 0.508 e. The molecule has 4 aromatic rings. The smallest absolute Gasteiger partial charge is 0.417 e. The molecular formula is C35H35F4N5O3. The first-order valence-electron chi connectivity index (χ1n) is 15.8. The van der Waals surface area contributed by atoms with Crippen molar-refractivity contribution in [3.05, 3.63) is 66.5 Å². The van der Waals surface area contributed by atoms with Gasteiger partial charge < -0.3 is 19.6 Å². The second-order valence-corrected chi connectivity index (χ2v) is 12.8. The highest BCUT2D eigenvalue weighted by Gasteiger charge is 2.45. The van der Waals surface area contributed by atoms with Gasteiger partial charge in [-0.1, -0.05) is 30.8 Å². The molecule has 3 aromatic carbocycles. The molecule has 0 radical (unpaired) electrons. The number of likely N-dealkylation sites (N-methyl/N-ethyl adjacent to an activating group) is 1. The lowest BCUT2D eigenvalue weighted by atomic mass is 9.92. The van der Waals surface area contributed by atoms with Crippen molar-refractivity contribution in [3.63, 3.8) is 0 Å². The number of carbonyl (C=O) groups is 1. The van der Waals surface area contributed by atoms with Crippen molar-refractivity contribution in [3.8, 4) is 22.9 Å². The van der Waals surface area contributed by atoms with Crippen LogP contribution in [0.15, 0.2) is 55.1 Å². The predicted octanol–water partition coefficient (Wildman–Crippen LogP) is 6.54. The van der Waals surface area contributed by atoms with Gasteiger partial charge >= 0.3 is 12.2 Å². The van der Waals surface area contributed by atoms with Crippen molar-refractivity contribution in [1.29, 1.82) is 0 Å². The highest BCUT2D eigenvalue weighted by atomic mass is 19.4. The molecule has 3 fully saturated rings. The maximum absolute atomic E-state index is 17.0. The number of hydrogen-bond donors (Lipinski definition) is 1. The van der Waals surface area contributed by atoms with Crippen LogP contribution in [0.4, 0.5) is 23.4 Å². The highest BCUT2D eigenvalue weighted by molar-refractivity contribution is 6.02. The number of benzene rings is 3. The van der Waals surface area contributed by atoms with Gasteiger partial charge in [-0.25, -0.2) is 4.39 Å². The topological polar surface area (TPSA) is 82.0 Å². The SMILES string of the molecule is C=CC(=O)N1CC[C@@H](N(C)c2nc(OCC34CCCN3CCC4)nc3c(F)c(-c4cc(O)cc5ccccc45)c(C(F)(F)F)cc23)C1. The molecule has 0 unspecified atom stereocenters. The Kier molecular flexibility index (Phi) is 7.73. The number of fused-ring (bicyclic) bond motifs is 3. The summed E-state index contributed by atoms with van der Waals surface area (Å²) < 4.78 is 67.8. The van der Waals surface area contributed by atoms with Crippen molar-refractivity contribution in [1.82, 2.24) is 19.8 Å². The molecule has 1 N–H and O–H groups in total. The first-order valence-corrected chi connectivity index (χ1v) is 15.8. The Morgan fingerprint density at radius 1 is 1.13 bits per heavy atom. The van der Waals surface area contributed by atoms with Crippen LogP contribution in [-0.2, 0) is 11.0 Å². The van der Waals surface area contributed by atoms with Gasteiger partial charge in [-0.2, -0.15) is 23.1 Å². The van der Waals surface area contributed by atoms with E-state index in [1.807, 2.05) is 0 Å². The molecule has 246 valence electrons. The van der Waals surface area contributed by atoms with Crippen LogP contribution in [0.2, 0.25) is 0 Å². The quantitative estimate of drug-likeness (QED) is 0.180. The number of nitrogens with zero attached hydrogens (tertiary/aromatic N) is 5. The van der Waals surface area contributed by atoms with Gasteiger partial charge in [0.2, 0.25) is 5.91 Å². The van der Waals surface area contributed by atoms with Gasteiger partial charge in [0, 0.05) is 37.1 Å². The van der Waals surface area contributed by atoms with Crippen LogP contribution < -0.4 is 9.64 Å². The van der Waals surface area contributed by atoms with Gasteiger partial charge in [-0.05, 0) is 85.8 Å². The number of aromatic hydroxyl groups is 1. The van der Waals surface area contributed by atoms with Gasteiger partial charge in [0.1, 0.15) is 23.7 Å². The Morgan fingerprint density at radius 3 is 2.60 bits per heavy atom. The van der Waals surface area contributed by atoms with E-state index in [9.17, 15) is 23.1 Å². The normalized spacial score (nSPS) is 19.4. The van der Waals surface area contributed by atoms with E-state index in [1.54, 1.807) is 41.1 Å². The summed E-state index contributed by atoms with van der Waals surface area (Å²) >= 11 is 0. The number of carbonyl (C=O) groups excluding carboxylic acids is 1. The third kappa shape index (κ3) is 5.42. The van der Waals surface area contributed by atoms with Crippen molar-refractivity contribution >= 4 is 33.4 Å². The fraction of sp³-hybridized carbons (Fsp3) is 0.400. The molecule has 7 rings (SSSR count). The maximum atomic E-state index is 17.0. The van der Waals surface area contributed by atoms with E-state index in [2.05, 4.69) is 21.4 Å². The van der Waals surface area contributed by atoms with E-state index in [-0.39, 0.29) is 58.1 Å². The Balaban J connectivity index is 1.42. The minimum absolute atomic E-state index is 0.0758. The summed E-state index contributed by atoms with van der Waals surface area (Å²) in [5, 5.41) is 11.2. The number of phenolic OH excluding ortho intramolecular Hbond substituents is 1. The zero-order chi connectivity index (χ0) is 33.1. The molecule has 1 amide bonds. The second kappa shape index (κ2) is 11.7. The summed E-state index contributed by atoms with van der Waals surface area (Å²) in [7, 11) is 1.67. The van der Waals surface area contributed by atoms with Crippen molar-refractivity contribution in [2.24, 2.45) is 0 Å². The Labute approximate surface area is 269 Å². The van der Waals surface area contributed by atoms with Crippen LogP contribution in [0, 0.1) is 5.82 Å². The van der Waals surface area contributed by atoms with Crippen molar-refractivity contribution in [2.75, 3.05) is 44.7 Å². The van der Waals surface area contributed by atoms with Crippen LogP contribution in [0.1, 0.15) is 37.7 Å². The van der Waals surface area contributed by atoms with Gasteiger partial charge in [0.15, 0.2) is 5.82 Å². The van der Waals surface area contributed by atoms with E-state index in [1.165, 1.54) is 12.1 Å². The van der Waals surface area contributed by atoms with Crippen LogP contribution in [0.25, 0.3) is 32.8 Å². The van der Waals surface area contributed by atoms with Gasteiger partial charge in [-0.3, -0.25) is 9.69 Å². The monoisotopic (exact) mass is 649 g/mol. The number of rotatable bonds is 7. The number of amides is 1. The first-order chi connectivity index (χ1) is 22.5. The average molecular weight is 650 g/mol. The van der Waals surface area contributed by atoms with Crippen molar-refractivity contribution < 1.29 is 32.2 Å². The number of halogens is 4. The molecule has 0 bridgehead atoms. The number of hydrogen-bond acceptors (Lipinski definition) is 7. The molecule has 0 spiro atoms. The van der Waals surface area contributed by atoms with E-state index in [0.29, 0.717) is 30.3 Å². The number of alkyl halides is 3. The lowest BCUT2D eigenvalue weighted by molar-refractivity contribution is -0.137. The minimum atomic E-state index is -4.96. The third-order valence-corrected chi connectivity index (χ3v) is 10.1. The average Bonchev–Trinajstić information content (AvgIpc) is 3.79. The lowest BCUT2D eigenvalue weighted by Gasteiger charge is -2.32. The van der Waals surface area contributed by atoms with Gasteiger partial charge in [0.25, 0.3) is 0 Å². The van der Waals surface area contributed by atoms with E-state index in [0.717, 1.165) is 50.9 Å². The molecule has 47 heavy (non-hydrogen) atoms. The standard InChI is InChI=1S/C35H35F4N5O3/c1-3-28(46)43-15-10-22(19-43)42(2)32-26-18-27(35(37,38)39)29(25-17-23(45)16-21-8-4-5-9-24(21)25)30(36)31(26)40-33(41-32)47-20-34-11-6-13-44(34)14-7-12-34/h3-5,8-9,16-18,22,45H,1,6-7,10-15,19-20H2,2H3/t22-/m1/s1. The number of phenols is 1. The van der Waals surface area contributed by atoms with Crippen LogP contribution in [0.3, 0.4) is 0 Å². The molecule has 8 nitrogen and oxygen atoms in total. The first kappa shape index (κ1) is 31.2. The number of likely N-dealkylation sites (tertiary alicyclic amines) is 1. The van der Waals surface area contributed by atoms with Crippen LogP contribution >= 0.6 is 0 Å². The van der Waals surface area contributed by atoms with Crippen molar-refractivity contribution in [2.45, 2.75) is 49.9 Å². The zero-order valence-electron chi connectivity index (χ0n) is 26.0. The summed E-state index contributed by atoms with van der Waals surface area (Å²) in [6, 6.07) is 9.58. The van der Waals surface area contributed by atoms with Gasteiger partial charge in [0.05, 0.1) is 11.1 Å². The Bertz CT molecular complexity index is 1890. The zero-order valence-corrected chi connectivity index (χ0v) is 26.0. The Morgan fingerprint density at radius 2 is 1.87 bits per heavy atom. The fourth-order valence-electron chi connectivity index (χ4n) is 7.73. The summed E-state index contributed by atoms with van der Waals surface area (Å²) in [6.07, 6.45) is 0.747. The second-order valence-electron chi connectivity index (χ2n) is 12.8. The van der Waals surface area contributed by atoms with E-state index < -0.39 is 23.1 Å². The molecule has 3 saturated heterocycles. The van der Waals surface area contributed by atoms with E-state index in [4.69, 9.17) is 4.74 Å². The summed E-state index contributed by atoms with van der Waals surface area (Å²) in [5.74, 6) is -1.66. The number of aromatic nitrogens is 2. The van der Waals surface area contributed by atoms with Crippen LogP contribution in [0.5, 0.6) is 11.8 Å². The fourth-order valence-corrected chi connectivity index (χ4v) is 7.73. The van der Waals surface area contributed by atoms with E-state index >= 15 is 4.39 Å². The molecule has 0 saturated carbocycles. The maximum Gasteiger partial charge on any atom is 0.417 e. The number of anilines is 1. The lowest BCUT2D eigenvalue weighted by Crippen LogP contribution is -2.43.